The van der Waals surface area contributed by atoms with Crippen LogP contribution in [0.4, 0.5) is 0 Å². The smallest absolute Gasteiger partial charge is 0.261 e. The summed E-state index contributed by atoms with van der Waals surface area (Å²) in [6.45, 7) is 0.278. The summed E-state index contributed by atoms with van der Waals surface area (Å²) in [5.41, 5.74) is 1.47. The van der Waals surface area contributed by atoms with Gasteiger partial charge in [0, 0.05) is 21.3 Å². The monoisotopic (exact) mass is 430 g/mol. The van der Waals surface area contributed by atoms with E-state index in [9.17, 15) is 13.2 Å². The van der Waals surface area contributed by atoms with Crippen LogP contribution in [0, 0.1) is 0 Å². The molecule has 0 bridgehead atoms. The zero-order chi connectivity index (χ0) is 19.7. The van der Waals surface area contributed by atoms with Crippen molar-refractivity contribution in [2.75, 3.05) is 7.05 Å². The van der Waals surface area contributed by atoms with Crippen molar-refractivity contribution in [2.24, 2.45) is 0 Å². The molecule has 0 fully saturated rings. The molecule has 0 aliphatic rings. The molecule has 2 aromatic carbocycles. The van der Waals surface area contributed by atoms with Crippen LogP contribution in [0.15, 0.2) is 54.6 Å². The highest BCUT2D eigenvalue weighted by Crippen LogP contribution is 2.39. The molecule has 0 radical (unpaired) electrons. The van der Waals surface area contributed by atoms with Gasteiger partial charge in [0.25, 0.3) is 5.91 Å². The van der Waals surface area contributed by atoms with Crippen molar-refractivity contribution < 1.29 is 13.2 Å². The van der Waals surface area contributed by atoms with E-state index in [0.717, 1.165) is 15.0 Å². The number of benzene rings is 2. The molecule has 4 aromatic rings. The normalized spacial score (nSPS) is 11.9. The maximum absolute atomic E-state index is 12.6. The van der Waals surface area contributed by atoms with Gasteiger partial charge < -0.3 is 5.32 Å². The van der Waals surface area contributed by atoms with Crippen LogP contribution < -0.4 is 10.0 Å². The Morgan fingerprint density at radius 2 is 1.68 bits per heavy atom. The van der Waals surface area contributed by atoms with Crippen LogP contribution in [0.2, 0.25) is 0 Å². The van der Waals surface area contributed by atoms with E-state index in [2.05, 4.69) is 22.2 Å². The Hall–Kier alpha value is -2.26. The zero-order valence-corrected chi connectivity index (χ0v) is 17.5. The lowest BCUT2D eigenvalue weighted by atomic mass is 10.1. The Bertz CT molecular complexity index is 1270. The van der Waals surface area contributed by atoms with E-state index in [1.165, 1.54) is 28.5 Å². The predicted molar refractivity (Wildman–Crippen MR) is 117 cm³/mol. The van der Waals surface area contributed by atoms with Gasteiger partial charge in [-0.15, -0.1) is 22.7 Å². The van der Waals surface area contributed by atoms with E-state index >= 15 is 0 Å². The lowest BCUT2D eigenvalue weighted by Crippen LogP contribution is -2.24. The van der Waals surface area contributed by atoms with Crippen molar-refractivity contribution in [1.82, 2.24) is 10.0 Å². The minimum Gasteiger partial charge on any atom is -0.347 e. The topological polar surface area (TPSA) is 75.3 Å². The maximum atomic E-state index is 12.6. The molecular weight excluding hydrogens is 412 g/mol. The molecule has 0 unspecified atom stereocenters. The third-order valence-corrected chi connectivity index (χ3v) is 8.21. The SMILES string of the molecule is CNS(=O)(=O)Cc1ccccc1CNC(=O)c1cc2sc3ccccc3c2s1. The number of hydrogen-bond acceptors (Lipinski definition) is 5. The van der Waals surface area contributed by atoms with Gasteiger partial charge in [-0.25, -0.2) is 13.1 Å². The fourth-order valence-electron chi connectivity index (χ4n) is 3.02. The number of sulfonamides is 1. The average molecular weight is 431 g/mol. The minimum absolute atomic E-state index is 0.115. The first kappa shape index (κ1) is 19.1. The number of carbonyl (C=O) groups is 1. The molecule has 2 aromatic heterocycles. The number of thiophene rings is 2. The van der Waals surface area contributed by atoms with Crippen LogP contribution in [-0.2, 0) is 22.3 Å². The minimum atomic E-state index is -3.38. The van der Waals surface area contributed by atoms with E-state index in [0.29, 0.717) is 10.4 Å². The second kappa shape index (κ2) is 7.63. The molecule has 0 saturated carbocycles. The molecule has 2 heterocycles. The number of rotatable bonds is 6. The lowest BCUT2D eigenvalue weighted by Gasteiger charge is -2.10. The van der Waals surface area contributed by atoms with Gasteiger partial charge in [-0.05, 0) is 30.3 Å². The van der Waals surface area contributed by atoms with Gasteiger partial charge >= 0.3 is 0 Å². The second-order valence-electron chi connectivity index (χ2n) is 6.32. The molecule has 0 aliphatic heterocycles. The van der Waals surface area contributed by atoms with Crippen molar-refractivity contribution in [2.45, 2.75) is 12.3 Å². The van der Waals surface area contributed by atoms with E-state index in [4.69, 9.17) is 0 Å². The molecule has 0 saturated heterocycles. The molecular formula is C20H18N2O3S3. The second-order valence-corrected chi connectivity index (χ2v) is 10.4. The zero-order valence-electron chi connectivity index (χ0n) is 15.1. The van der Waals surface area contributed by atoms with Crippen molar-refractivity contribution in [3.05, 3.63) is 70.6 Å². The Labute approximate surface area is 171 Å². The Balaban J connectivity index is 1.53. The van der Waals surface area contributed by atoms with Crippen molar-refractivity contribution in [3.8, 4) is 0 Å². The van der Waals surface area contributed by atoms with Gasteiger partial charge in [-0.3, -0.25) is 4.79 Å². The molecule has 0 spiro atoms. The molecule has 28 heavy (non-hydrogen) atoms. The standard InChI is InChI=1S/C20H18N2O3S3/c1-21-28(24,25)12-14-7-3-2-6-13(14)11-22-20(23)18-10-17-19(27-18)15-8-4-5-9-16(15)26-17/h2-10,21H,11-12H2,1H3,(H,22,23). The first-order chi connectivity index (χ1) is 13.5. The van der Waals surface area contributed by atoms with Crippen molar-refractivity contribution in [3.63, 3.8) is 0 Å². The summed E-state index contributed by atoms with van der Waals surface area (Å²) < 4.78 is 29.5. The number of hydrogen-bond donors (Lipinski definition) is 2. The molecule has 4 rings (SSSR count). The van der Waals surface area contributed by atoms with Crippen LogP contribution in [-0.4, -0.2) is 21.4 Å². The van der Waals surface area contributed by atoms with Crippen LogP contribution in [0.25, 0.3) is 19.5 Å². The molecule has 8 heteroatoms. The molecule has 0 aliphatic carbocycles. The summed E-state index contributed by atoms with van der Waals surface area (Å²) in [6, 6.07) is 17.3. The highest BCUT2D eigenvalue weighted by Gasteiger charge is 2.16. The first-order valence-corrected chi connectivity index (χ1v) is 11.9. The van der Waals surface area contributed by atoms with Gasteiger partial charge in [-0.1, -0.05) is 42.5 Å². The van der Waals surface area contributed by atoms with Crippen molar-refractivity contribution in [1.29, 1.82) is 0 Å². The number of nitrogens with one attached hydrogen (secondary N) is 2. The van der Waals surface area contributed by atoms with Gasteiger partial charge in [0.15, 0.2) is 0 Å². The number of amides is 1. The summed E-state index contributed by atoms with van der Waals surface area (Å²) in [6.07, 6.45) is 0. The van der Waals surface area contributed by atoms with E-state index in [1.807, 2.05) is 30.3 Å². The molecule has 2 N–H and O–H groups in total. The lowest BCUT2D eigenvalue weighted by molar-refractivity contribution is 0.0955. The third kappa shape index (κ3) is 3.81. The number of carbonyl (C=O) groups excluding carboxylic acids is 1. The summed E-state index contributed by atoms with van der Waals surface area (Å²) in [4.78, 5) is 13.3. The largest absolute Gasteiger partial charge is 0.347 e. The van der Waals surface area contributed by atoms with Crippen molar-refractivity contribution >= 4 is 58.1 Å². The van der Waals surface area contributed by atoms with Gasteiger partial charge in [0.2, 0.25) is 10.0 Å². The van der Waals surface area contributed by atoms with Crippen LogP contribution in [0.5, 0.6) is 0 Å². The predicted octanol–water partition coefficient (Wildman–Crippen LogP) is 4.10. The van der Waals surface area contributed by atoms with Gasteiger partial charge in [0.05, 0.1) is 15.3 Å². The summed E-state index contributed by atoms with van der Waals surface area (Å²) >= 11 is 3.17. The highest BCUT2D eigenvalue weighted by atomic mass is 32.2. The average Bonchev–Trinajstić information content (AvgIpc) is 3.25. The van der Waals surface area contributed by atoms with Gasteiger partial charge in [-0.2, -0.15) is 0 Å². The van der Waals surface area contributed by atoms with E-state index < -0.39 is 10.0 Å². The van der Waals surface area contributed by atoms with Crippen LogP contribution in [0.1, 0.15) is 20.8 Å². The third-order valence-electron chi connectivity index (χ3n) is 4.49. The van der Waals surface area contributed by atoms with Crippen LogP contribution in [0.3, 0.4) is 0 Å². The first-order valence-electron chi connectivity index (χ1n) is 8.64. The van der Waals surface area contributed by atoms with Crippen LogP contribution >= 0.6 is 22.7 Å². The molecule has 144 valence electrons. The summed E-state index contributed by atoms with van der Waals surface area (Å²) in [5, 5.41) is 4.09. The highest BCUT2D eigenvalue weighted by molar-refractivity contribution is 7.88. The Morgan fingerprint density at radius 3 is 2.46 bits per heavy atom. The Kier molecular flexibility index (Phi) is 5.20. The number of fused-ring (bicyclic) bond motifs is 3. The summed E-state index contributed by atoms with van der Waals surface area (Å²) in [7, 11) is -1.98. The molecule has 5 nitrogen and oxygen atoms in total. The van der Waals surface area contributed by atoms with Gasteiger partial charge in [0.1, 0.15) is 0 Å². The fourth-order valence-corrected chi connectivity index (χ4v) is 6.30. The van der Waals surface area contributed by atoms with E-state index in [-0.39, 0.29) is 18.2 Å². The quantitative estimate of drug-likeness (QED) is 0.484. The van der Waals surface area contributed by atoms with E-state index in [1.54, 1.807) is 23.5 Å². The molecule has 0 atom stereocenters. The fraction of sp³-hybridized carbons (Fsp3) is 0.150. The Morgan fingerprint density at radius 1 is 0.964 bits per heavy atom. The molecule has 1 amide bonds. The maximum Gasteiger partial charge on any atom is 0.261 e. The summed E-state index contributed by atoms with van der Waals surface area (Å²) in [5.74, 6) is -0.264.